The Hall–Kier alpha value is -2.34. The van der Waals surface area contributed by atoms with Crippen molar-refractivity contribution in [1.29, 1.82) is 0 Å². The fraction of sp³-hybridized carbons (Fsp3) is 0.421. The van der Waals surface area contributed by atoms with Crippen LogP contribution in [0.4, 0.5) is 0 Å². The number of hydrogen-bond acceptors (Lipinski definition) is 3. The van der Waals surface area contributed by atoms with E-state index in [2.05, 4.69) is 10.4 Å². The van der Waals surface area contributed by atoms with E-state index in [0.717, 1.165) is 17.8 Å². The lowest BCUT2D eigenvalue weighted by Gasteiger charge is -2.15. The number of carbonyl (C=O) groups is 2. The van der Waals surface area contributed by atoms with Crippen LogP contribution in [0.15, 0.2) is 30.5 Å². The van der Waals surface area contributed by atoms with Gasteiger partial charge in [0.2, 0.25) is 0 Å². The van der Waals surface area contributed by atoms with Gasteiger partial charge in [0.15, 0.2) is 0 Å². The van der Waals surface area contributed by atoms with Gasteiger partial charge < -0.3 is 10.4 Å². The molecule has 1 aromatic carbocycles. The van der Waals surface area contributed by atoms with Crippen molar-refractivity contribution in [3.05, 3.63) is 46.7 Å². The van der Waals surface area contributed by atoms with Crippen LogP contribution in [0.1, 0.15) is 55.6 Å². The third-order valence-corrected chi connectivity index (χ3v) is 4.38. The fourth-order valence-corrected chi connectivity index (χ4v) is 3.06. The molecule has 6 nitrogen and oxygen atoms in total. The van der Waals surface area contributed by atoms with E-state index in [1.54, 1.807) is 16.8 Å². The van der Waals surface area contributed by atoms with Crippen LogP contribution in [0.2, 0.25) is 5.02 Å². The largest absolute Gasteiger partial charge is 0.481 e. The number of nitrogens with one attached hydrogen (secondary N) is 1. The van der Waals surface area contributed by atoms with Gasteiger partial charge in [-0.25, -0.2) is 4.68 Å². The number of hydrogen-bond donors (Lipinski definition) is 2. The molecule has 0 fully saturated rings. The number of aliphatic carboxylic acids is 1. The van der Waals surface area contributed by atoms with Crippen molar-refractivity contribution in [1.82, 2.24) is 15.1 Å². The molecule has 0 saturated carbocycles. The third-order valence-electron chi connectivity index (χ3n) is 4.15. The number of carboxylic acid groups (broad SMARTS) is 1. The molecule has 0 saturated heterocycles. The lowest BCUT2D eigenvalue weighted by Crippen LogP contribution is -2.33. The van der Waals surface area contributed by atoms with Gasteiger partial charge in [0.25, 0.3) is 5.91 Å². The highest BCUT2D eigenvalue weighted by Gasteiger charge is 2.23. The molecule has 0 aliphatic carbocycles. The zero-order chi connectivity index (χ0) is 19.3. The van der Waals surface area contributed by atoms with Crippen molar-refractivity contribution >= 4 is 23.5 Å². The van der Waals surface area contributed by atoms with E-state index in [1.807, 2.05) is 32.9 Å². The Balaban J connectivity index is 2.26. The van der Waals surface area contributed by atoms with Crippen LogP contribution in [-0.4, -0.2) is 33.3 Å². The molecular weight excluding hydrogens is 354 g/mol. The van der Waals surface area contributed by atoms with Crippen LogP contribution in [-0.2, 0) is 4.79 Å². The summed E-state index contributed by atoms with van der Waals surface area (Å²) in [6.45, 7) is 5.98. The zero-order valence-corrected chi connectivity index (χ0v) is 16.0. The van der Waals surface area contributed by atoms with Crippen molar-refractivity contribution in [2.75, 3.05) is 6.54 Å². The molecule has 1 unspecified atom stereocenters. The van der Waals surface area contributed by atoms with Crippen LogP contribution in [0, 0.1) is 5.92 Å². The van der Waals surface area contributed by atoms with Gasteiger partial charge in [-0.2, -0.15) is 5.10 Å². The molecule has 1 atom stereocenters. The van der Waals surface area contributed by atoms with E-state index in [0.29, 0.717) is 17.0 Å². The maximum atomic E-state index is 12.6. The van der Waals surface area contributed by atoms with Crippen molar-refractivity contribution < 1.29 is 14.7 Å². The number of nitrogens with zero attached hydrogens (tertiary/aromatic N) is 2. The van der Waals surface area contributed by atoms with Crippen LogP contribution in [0.5, 0.6) is 0 Å². The Morgan fingerprint density at radius 1 is 1.35 bits per heavy atom. The average molecular weight is 378 g/mol. The summed E-state index contributed by atoms with van der Waals surface area (Å²) in [6, 6.07) is 7.25. The highest BCUT2D eigenvalue weighted by atomic mass is 35.5. The van der Waals surface area contributed by atoms with Crippen molar-refractivity contribution in [3.63, 3.8) is 0 Å². The van der Waals surface area contributed by atoms with Crippen LogP contribution >= 0.6 is 11.6 Å². The van der Waals surface area contributed by atoms with E-state index in [1.165, 1.54) is 6.20 Å². The van der Waals surface area contributed by atoms with E-state index in [4.69, 9.17) is 11.6 Å². The monoisotopic (exact) mass is 377 g/mol. The fourth-order valence-electron chi connectivity index (χ4n) is 2.87. The van der Waals surface area contributed by atoms with Gasteiger partial charge in [0, 0.05) is 11.6 Å². The minimum absolute atomic E-state index is 0.0446. The van der Waals surface area contributed by atoms with Crippen molar-refractivity contribution in [2.24, 2.45) is 5.92 Å². The Morgan fingerprint density at radius 2 is 2.08 bits per heavy atom. The maximum absolute atomic E-state index is 12.6. The number of aromatic nitrogens is 2. The number of halogens is 1. The molecule has 7 heteroatoms. The SMILES string of the molecule is CCCC(CNC(=O)c1cnn(-c2cccc(Cl)c2)c1C(C)C)C(=O)O. The Bertz CT molecular complexity index is 786. The van der Waals surface area contributed by atoms with Crippen LogP contribution < -0.4 is 5.32 Å². The number of amides is 1. The van der Waals surface area contributed by atoms with Gasteiger partial charge in [0.05, 0.1) is 29.1 Å². The molecule has 0 radical (unpaired) electrons. The highest BCUT2D eigenvalue weighted by Crippen LogP contribution is 2.24. The zero-order valence-electron chi connectivity index (χ0n) is 15.2. The van der Waals surface area contributed by atoms with Gasteiger partial charge in [-0.15, -0.1) is 0 Å². The maximum Gasteiger partial charge on any atom is 0.308 e. The van der Waals surface area contributed by atoms with E-state index in [-0.39, 0.29) is 18.4 Å². The Labute approximate surface area is 158 Å². The summed E-state index contributed by atoms with van der Waals surface area (Å²) in [7, 11) is 0. The predicted molar refractivity (Wildman–Crippen MR) is 101 cm³/mol. The summed E-state index contributed by atoms with van der Waals surface area (Å²) in [5.41, 5.74) is 1.97. The molecule has 2 N–H and O–H groups in total. The highest BCUT2D eigenvalue weighted by molar-refractivity contribution is 6.30. The standard InChI is InChI=1S/C19H24ClN3O3/c1-4-6-13(19(25)26)10-21-18(24)16-11-22-23(17(16)12(2)3)15-8-5-7-14(20)9-15/h5,7-9,11-13H,4,6,10H2,1-3H3,(H,21,24)(H,25,26). The van der Waals surface area contributed by atoms with Gasteiger partial charge >= 0.3 is 5.97 Å². The molecule has 0 aliphatic heterocycles. The number of carbonyl (C=O) groups excluding carboxylic acids is 1. The van der Waals surface area contributed by atoms with Crippen molar-refractivity contribution in [2.45, 2.75) is 39.5 Å². The molecule has 140 valence electrons. The van der Waals surface area contributed by atoms with Gasteiger partial charge in [-0.1, -0.05) is 44.9 Å². The summed E-state index contributed by atoms with van der Waals surface area (Å²) in [4.78, 5) is 23.9. The van der Waals surface area contributed by atoms with Crippen molar-refractivity contribution in [3.8, 4) is 5.69 Å². The third kappa shape index (κ3) is 4.64. The van der Waals surface area contributed by atoms with E-state index < -0.39 is 11.9 Å². The summed E-state index contributed by atoms with van der Waals surface area (Å²) in [6.07, 6.45) is 2.78. The molecule has 2 aromatic rings. The molecular formula is C19H24ClN3O3. The first-order valence-corrected chi connectivity index (χ1v) is 9.07. The average Bonchev–Trinajstić information content (AvgIpc) is 3.03. The van der Waals surface area contributed by atoms with Crippen LogP contribution in [0.3, 0.4) is 0 Å². The molecule has 0 bridgehead atoms. The van der Waals surface area contributed by atoms with Crippen LogP contribution in [0.25, 0.3) is 5.69 Å². The second-order valence-corrected chi connectivity index (χ2v) is 6.96. The second kappa shape index (κ2) is 8.85. The minimum Gasteiger partial charge on any atom is -0.481 e. The molecule has 1 amide bonds. The Morgan fingerprint density at radius 3 is 2.65 bits per heavy atom. The first-order valence-electron chi connectivity index (χ1n) is 8.70. The first kappa shape index (κ1) is 20.0. The smallest absolute Gasteiger partial charge is 0.308 e. The quantitative estimate of drug-likeness (QED) is 0.731. The summed E-state index contributed by atoms with van der Waals surface area (Å²) >= 11 is 6.06. The normalized spacial score (nSPS) is 12.2. The van der Waals surface area contributed by atoms with E-state index in [9.17, 15) is 14.7 Å². The lowest BCUT2D eigenvalue weighted by molar-refractivity contribution is -0.141. The van der Waals surface area contributed by atoms with Gasteiger partial charge in [-0.3, -0.25) is 9.59 Å². The predicted octanol–water partition coefficient (Wildman–Crippen LogP) is 3.88. The minimum atomic E-state index is -0.897. The topological polar surface area (TPSA) is 84.2 Å². The number of benzene rings is 1. The molecule has 1 heterocycles. The molecule has 2 rings (SSSR count). The molecule has 0 aliphatic rings. The second-order valence-electron chi connectivity index (χ2n) is 6.52. The number of rotatable bonds is 8. The summed E-state index contributed by atoms with van der Waals surface area (Å²) < 4.78 is 1.70. The summed E-state index contributed by atoms with van der Waals surface area (Å²) in [5.74, 6) is -1.76. The Kier molecular flexibility index (Phi) is 6.80. The summed E-state index contributed by atoms with van der Waals surface area (Å²) in [5, 5.41) is 16.9. The molecule has 1 aromatic heterocycles. The lowest BCUT2D eigenvalue weighted by atomic mass is 10.0. The number of carboxylic acids is 1. The van der Waals surface area contributed by atoms with Gasteiger partial charge in [0.1, 0.15) is 0 Å². The molecule has 0 spiro atoms. The first-order chi connectivity index (χ1) is 12.3. The van der Waals surface area contributed by atoms with Gasteiger partial charge in [-0.05, 0) is 30.5 Å². The molecule has 26 heavy (non-hydrogen) atoms. The van der Waals surface area contributed by atoms with E-state index >= 15 is 0 Å².